The van der Waals surface area contributed by atoms with E-state index >= 15 is 0 Å². The van der Waals surface area contributed by atoms with Crippen molar-refractivity contribution in [1.82, 2.24) is 10.3 Å². The second-order valence-electron chi connectivity index (χ2n) is 5.03. The standard InChI is InChI=1S/C14H24N2O2/c1-10(2)15-7-13-14(6-5-12(4)16-13)18-9-11(3)8-17/h5-6,10-11,15,17H,7-9H2,1-4H3. The van der Waals surface area contributed by atoms with Crippen molar-refractivity contribution in [1.29, 1.82) is 0 Å². The summed E-state index contributed by atoms with van der Waals surface area (Å²) >= 11 is 0. The zero-order chi connectivity index (χ0) is 13.5. The van der Waals surface area contributed by atoms with Crippen LogP contribution in [0.3, 0.4) is 0 Å². The lowest BCUT2D eigenvalue weighted by atomic mass is 10.2. The minimum Gasteiger partial charge on any atom is -0.491 e. The number of hydrogen-bond acceptors (Lipinski definition) is 4. The number of hydrogen-bond donors (Lipinski definition) is 2. The van der Waals surface area contributed by atoms with Crippen molar-refractivity contribution >= 4 is 0 Å². The number of ether oxygens (including phenoxy) is 1. The molecule has 0 amide bonds. The molecular weight excluding hydrogens is 228 g/mol. The van der Waals surface area contributed by atoms with Crippen LogP contribution < -0.4 is 10.1 Å². The first-order chi connectivity index (χ1) is 8.52. The third-order valence-electron chi connectivity index (χ3n) is 2.58. The predicted octanol–water partition coefficient (Wildman–Crippen LogP) is 1.90. The van der Waals surface area contributed by atoms with Gasteiger partial charge in [0, 0.05) is 30.8 Å². The van der Waals surface area contributed by atoms with Gasteiger partial charge in [0.1, 0.15) is 5.75 Å². The van der Waals surface area contributed by atoms with Crippen LogP contribution in [0.4, 0.5) is 0 Å². The zero-order valence-electron chi connectivity index (χ0n) is 11.7. The molecule has 0 radical (unpaired) electrons. The van der Waals surface area contributed by atoms with Gasteiger partial charge in [0.15, 0.2) is 0 Å². The van der Waals surface area contributed by atoms with Crippen LogP contribution in [-0.2, 0) is 6.54 Å². The van der Waals surface area contributed by atoms with Gasteiger partial charge in [-0.3, -0.25) is 4.98 Å². The van der Waals surface area contributed by atoms with Crippen molar-refractivity contribution in [2.45, 2.75) is 40.3 Å². The highest BCUT2D eigenvalue weighted by atomic mass is 16.5. The van der Waals surface area contributed by atoms with Crippen molar-refractivity contribution < 1.29 is 9.84 Å². The summed E-state index contributed by atoms with van der Waals surface area (Å²) in [6.45, 7) is 9.47. The number of nitrogens with zero attached hydrogens (tertiary/aromatic N) is 1. The van der Waals surface area contributed by atoms with E-state index in [4.69, 9.17) is 9.84 Å². The van der Waals surface area contributed by atoms with E-state index in [0.717, 1.165) is 17.1 Å². The van der Waals surface area contributed by atoms with E-state index in [0.29, 0.717) is 19.2 Å². The molecule has 1 unspecified atom stereocenters. The SMILES string of the molecule is Cc1ccc(OCC(C)CO)c(CNC(C)C)n1. The van der Waals surface area contributed by atoms with Gasteiger partial charge < -0.3 is 15.2 Å². The van der Waals surface area contributed by atoms with Gasteiger partial charge >= 0.3 is 0 Å². The number of aromatic nitrogens is 1. The molecule has 0 spiro atoms. The average molecular weight is 252 g/mol. The van der Waals surface area contributed by atoms with Crippen LogP contribution in [0.15, 0.2) is 12.1 Å². The minimum absolute atomic E-state index is 0.136. The van der Waals surface area contributed by atoms with E-state index in [1.54, 1.807) is 0 Å². The Hall–Kier alpha value is -1.13. The summed E-state index contributed by atoms with van der Waals surface area (Å²) in [5.74, 6) is 0.936. The van der Waals surface area contributed by atoms with E-state index < -0.39 is 0 Å². The van der Waals surface area contributed by atoms with Gasteiger partial charge in [0.2, 0.25) is 0 Å². The van der Waals surface area contributed by atoms with E-state index in [1.165, 1.54) is 0 Å². The summed E-state index contributed by atoms with van der Waals surface area (Å²) in [4.78, 5) is 4.50. The van der Waals surface area contributed by atoms with Gasteiger partial charge in [-0.2, -0.15) is 0 Å². The van der Waals surface area contributed by atoms with Crippen LogP contribution in [0.1, 0.15) is 32.2 Å². The lowest BCUT2D eigenvalue weighted by Crippen LogP contribution is -2.23. The van der Waals surface area contributed by atoms with Crippen LogP contribution >= 0.6 is 0 Å². The molecule has 102 valence electrons. The van der Waals surface area contributed by atoms with Crippen molar-refractivity contribution in [3.63, 3.8) is 0 Å². The third-order valence-corrected chi connectivity index (χ3v) is 2.58. The lowest BCUT2D eigenvalue weighted by Gasteiger charge is -2.15. The molecule has 18 heavy (non-hydrogen) atoms. The Morgan fingerprint density at radius 1 is 1.33 bits per heavy atom. The predicted molar refractivity (Wildman–Crippen MR) is 72.7 cm³/mol. The molecule has 0 saturated carbocycles. The van der Waals surface area contributed by atoms with E-state index in [1.807, 2.05) is 26.0 Å². The fourth-order valence-corrected chi connectivity index (χ4v) is 1.44. The van der Waals surface area contributed by atoms with Gasteiger partial charge in [0.25, 0.3) is 0 Å². The molecule has 1 rings (SSSR count). The van der Waals surface area contributed by atoms with Gasteiger partial charge in [-0.05, 0) is 19.1 Å². The quantitative estimate of drug-likeness (QED) is 0.778. The van der Waals surface area contributed by atoms with E-state index in [-0.39, 0.29) is 12.5 Å². The summed E-state index contributed by atoms with van der Waals surface area (Å²) in [6.07, 6.45) is 0. The molecule has 2 N–H and O–H groups in total. The second kappa shape index (κ2) is 7.34. The molecular formula is C14H24N2O2. The fourth-order valence-electron chi connectivity index (χ4n) is 1.44. The van der Waals surface area contributed by atoms with Crippen molar-refractivity contribution in [3.05, 3.63) is 23.5 Å². The first kappa shape index (κ1) is 14.9. The zero-order valence-corrected chi connectivity index (χ0v) is 11.7. The minimum atomic E-state index is 0.136. The molecule has 4 heteroatoms. The van der Waals surface area contributed by atoms with Crippen LogP contribution in [0, 0.1) is 12.8 Å². The number of rotatable bonds is 7. The molecule has 1 aromatic rings. The molecule has 0 saturated heterocycles. The summed E-state index contributed by atoms with van der Waals surface area (Å²) in [5, 5.41) is 12.3. The summed E-state index contributed by atoms with van der Waals surface area (Å²) in [6, 6.07) is 4.30. The Kier molecular flexibility index (Phi) is 6.09. The topological polar surface area (TPSA) is 54.4 Å². The van der Waals surface area contributed by atoms with Crippen LogP contribution in [-0.4, -0.2) is 29.3 Å². The second-order valence-corrected chi connectivity index (χ2v) is 5.03. The molecule has 0 aliphatic rings. The van der Waals surface area contributed by atoms with Gasteiger partial charge in [-0.15, -0.1) is 0 Å². The molecule has 0 aromatic carbocycles. The molecule has 1 aromatic heterocycles. The summed E-state index contributed by atoms with van der Waals surface area (Å²) < 4.78 is 5.71. The van der Waals surface area contributed by atoms with Gasteiger partial charge in [-0.25, -0.2) is 0 Å². The monoisotopic (exact) mass is 252 g/mol. The fraction of sp³-hybridized carbons (Fsp3) is 0.643. The third kappa shape index (κ3) is 5.02. The van der Waals surface area contributed by atoms with Crippen molar-refractivity contribution in [3.8, 4) is 5.75 Å². The first-order valence-electron chi connectivity index (χ1n) is 6.46. The molecule has 1 heterocycles. The highest BCUT2D eigenvalue weighted by Crippen LogP contribution is 2.17. The molecule has 0 bridgehead atoms. The molecule has 4 nitrogen and oxygen atoms in total. The Morgan fingerprint density at radius 3 is 2.67 bits per heavy atom. The number of nitrogens with one attached hydrogen (secondary N) is 1. The van der Waals surface area contributed by atoms with Gasteiger partial charge in [0.05, 0.1) is 12.3 Å². The van der Waals surface area contributed by atoms with Gasteiger partial charge in [-0.1, -0.05) is 20.8 Å². The molecule has 0 aliphatic heterocycles. The Morgan fingerprint density at radius 2 is 2.06 bits per heavy atom. The van der Waals surface area contributed by atoms with E-state index in [9.17, 15) is 0 Å². The number of pyridine rings is 1. The Bertz CT molecular complexity index is 367. The first-order valence-corrected chi connectivity index (χ1v) is 6.46. The molecule has 0 aliphatic carbocycles. The Balaban J connectivity index is 2.69. The smallest absolute Gasteiger partial charge is 0.142 e. The number of aliphatic hydroxyl groups is 1. The Labute approximate surface area is 109 Å². The number of aliphatic hydroxyl groups excluding tert-OH is 1. The maximum atomic E-state index is 8.99. The van der Waals surface area contributed by atoms with Crippen LogP contribution in [0.25, 0.3) is 0 Å². The maximum absolute atomic E-state index is 8.99. The molecule has 1 atom stereocenters. The van der Waals surface area contributed by atoms with Crippen LogP contribution in [0.5, 0.6) is 5.75 Å². The highest BCUT2D eigenvalue weighted by molar-refractivity contribution is 5.29. The normalized spacial score (nSPS) is 12.8. The van der Waals surface area contributed by atoms with Crippen molar-refractivity contribution in [2.75, 3.05) is 13.2 Å². The summed E-state index contributed by atoms with van der Waals surface area (Å²) in [7, 11) is 0. The maximum Gasteiger partial charge on any atom is 0.142 e. The van der Waals surface area contributed by atoms with Crippen LogP contribution in [0.2, 0.25) is 0 Å². The number of aryl methyl sites for hydroxylation is 1. The lowest BCUT2D eigenvalue weighted by molar-refractivity contribution is 0.173. The average Bonchev–Trinajstić information content (AvgIpc) is 2.34. The largest absolute Gasteiger partial charge is 0.491 e. The highest BCUT2D eigenvalue weighted by Gasteiger charge is 2.08. The van der Waals surface area contributed by atoms with E-state index in [2.05, 4.69) is 24.1 Å². The molecule has 0 fully saturated rings. The summed E-state index contributed by atoms with van der Waals surface area (Å²) in [5.41, 5.74) is 1.91. The van der Waals surface area contributed by atoms with Crippen molar-refractivity contribution in [2.24, 2.45) is 5.92 Å².